The lowest BCUT2D eigenvalue weighted by molar-refractivity contribution is -0.132. The second-order valence-electron chi connectivity index (χ2n) is 7.64. The number of carbonyl (C=O) groups is 1. The SMILES string of the molecule is O=C(/C=C/c1nnc2c3ccccc3cnn12)N1CCC[C@H]2CCCC[C@@H]21. The van der Waals surface area contributed by atoms with E-state index >= 15 is 0 Å². The van der Waals surface area contributed by atoms with Crippen molar-refractivity contribution in [3.8, 4) is 0 Å². The zero-order valence-electron chi connectivity index (χ0n) is 15.3. The quantitative estimate of drug-likeness (QED) is 0.656. The maximum absolute atomic E-state index is 12.9. The lowest BCUT2D eigenvalue weighted by Crippen LogP contribution is -2.49. The van der Waals surface area contributed by atoms with Crippen molar-refractivity contribution in [2.45, 2.75) is 44.6 Å². The summed E-state index contributed by atoms with van der Waals surface area (Å²) in [6, 6.07) is 8.39. The van der Waals surface area contributed by atoms with Gasteiger partial charge < -0.3 is 4.90 Å². The Bertz CT molecular complexity index is 1020. The predicted octanol–water partition coefficient (Wildman–Crippen LogP) is 3.47. The van der Waals surface area contributed by atoms with Gasteiger partial charge in [0, 0.05) is 29.4 Å². The number of fused-ring (bicyclic) bond motifs is 4. The molecule has 2 aromatic heterocycles. The zero-order valence-corrected chi connectivity index (χ0v) is 15.3. The molecule has 1 aliphatic heterocycles. The van der Waals surface area contributed by atoms with Crippen LogP contribution in [-0.2, 0) is 4.79 Å². The molecule has 0 spiro atoms. The van der Waals surface area contributed by atoms with Gasteiger partial charge in [-0.3, -0.25) is 4.79 Å². The highest BCUT2D eigenvalue weighted by Gasteiger charge is 2.34. The molecule has 0 bridgehead atoms. The van der Waals surface area contributed by atoms with E-state index in [-0.39, 0.29) is 5.91 Å². The Kier molecular flexibility index (Phi) is 4.11. The first-order valence-corrected chi connectivity index (χ1v) is 9.89. The van der Waals surface area contributed by atoms with Crippen LogP contribution in [0, 0.1) is 5.92 Å². The second kappa shape index (κ2) is 6.76. The fourth-order valence-electron chi connectivity index (χ4n) is 4.75. The van der Waals surface area contributed by atoms with Crippen LogP contribution in [-0.4, -0.2) is 43.2 Å². The number of nitrogens with zero attached hydrogens (tertiary/aromatic N) is 5. The van der Waals surface area contributed by atoms with E-state index in [0.29, 0.717) is 23.4 Å². The number of piperidine rings is 1. The monoisotopic (exact) mass is 361 g/mol. The number of rotatable bonds is 2. The van der Waals surface area contributed by atoms with E-state index < -0.39 is 0 Å². The second-order valence-corrected chi connectivity index (χ2v) is 7.64. The van der Waals surface area contributed by atoms with Crippen molar-refractivity contribution in [3.05, 3.63) is 42.4 Å². The van der Waals surface area contributed by atoms with Crippen LogP contribution >= 0.6 is 0 Å². The number of carbonyl (C=O) groups excluding carboxylic acids is 1. The molecule has 5 rings (SSSR count). The standard InChI is InChI=1S/C21H23N5O/c27-20(25-13-5-8-15-6-2-4-10-18(15)25)12-11-19-23-24-21-17-9-3-1-7-16(17)14-22-26(19)21/h1,3,7,9,11-12,14-15,18H,2,4-6,8,10,13H2/b12-11+/t15-,18+/m1/s1. The third-order valence-corrected chi connectivity index (χ3v) is 6.08. The van der Waals surface area contributed by atoms with Crippen molar-refractivity contribution >= 4 is 28.4 Å². The van der Waals surface area contributed by atoms with Crippen LogP contribution in [0.3, 0.4) is 0 Å². The minimum atomic E-state index is 0.0872. The summed E-state index contributed by atoms with van der Waals surface area (Å²) in [5, 5.41) is 15.0. The molecule has 0 unspecified atom stereocenters. The summed E-state index contributed by atoms with van der Waals surface area (Å²) in [5.41, 5.74) is 0.713. The molecule has 1 aliphatic carbocycles. The summed E-state index contributed by atoms with van der Waals surface area (Å²) in [5.74, 6) is 1.36. The Morgan fingerprint density at radius 2 is 1.93 bits per heavy atom. The van der Waals surface area contributed by atoms with Gasteiger partial charge in [0.25, 0.3) is 0 Å². The number of amides is 1. The van der Waals surface area contributed by atoms with Crippen LogP contribution in [0.1, 0.15) is 44.3 Å². The van der Waals surface area contributed by atoms with E-state index in [1.807, 2.05) is 30.5 Å². The Labute approximate surface area is 157 Å². The average Bonchev–Trinajstić information content (AvgIpc) is 3.15. The molecule has 1 aromatic carbocycles. The fraction of sp³-hybridized carbons (Fsp3) is 0.429. The van der Waals surface area contributed by atoms with Gasteiger partial charge in [-0.15, -0.1) is 10.2 Å². The highest BCUT2D eigenvalue weighted by atomic mass is 16.2. The largest absolute Gasteiger partial charge is 0.336 e. The van der Waals surface area contributed by atoms with Crippen LogP contribution in [0.4, 0.5) is 0 Å². The van der Waals surface area contributed by atoms with Gasteiger partial charge in [0.15, 0.2) is 11.5 Å². The fourth-order valence-corrected chi connectivity index (χ4v) is 4.75. The Morgan fingerprint density at radius 3 is 2.89 bits per heavy atom. The van der Waals surface area contributed by atoms with Crippen molar-refractivity contribution in [3.63, 3.8) is 0 Å². The van der Waals surface area contributed by atoms with Gasteiger partial charge in [-0.1, -0.05) is 37.1 Å². The molecule has 138 valence electrons. The number of likely N-dealkylation sites (tertiary alicyclic amines) is 1. The van der Waals surface area contributed by atoms with Gasteiger partial charge in [0.2, 0.25) is 5.91 Å². The van der Waals surface area contributed by atoms with Crippen molar-refractivity contribution in [2.24, 2.45) is 5.92 Å². The van der Waals surface area contributed by atoms with Crippen LogP contribution in [0.15, 0.2) is 36.5 Å². The molecule has 0 N–H and O–H groups in total. The minimum absolute atomic E-state index is 0.0872. The van der Waals surface area contributed by atoms with E-state index in [2.05, 4.69) is 20.2 Å². The number of benzene rings is 1. The van der Waals surface area contributed by atoms with Gasteiger partial charge in [0.1, 0.15) is 0 Å². The molecule has 2 fully saturated rings. The molecule has 27 heavy (non-hydrogen) atoms. The molecular weight excluding hydrogens is 338 g/mol. The summed E-state index contributed by atoms with van der Waals surface area (Å²) < 4.78 is 1.70. The Morgan fingerprint density at radius 1 is 1.07 bits per heavy atom. The zero-order chi connectivity index (χ0) is 18.2. The summed E-state index contributed by atoms with van der Waals surface area (Å²) in [7, 11) is 0. The lowest BCUT2D eigenvalue weighted by Gasteiger charge is -2.43. The molecule has 1 amide bonds. The topological polar surface area (TPSA) is 63.4 Å². The number of aromatic nitrogens is 4. The lowest BCUT2D eigenvalue weighted by atomic mass is 9.78. The molecule has 0 radical (unpaired) electrons. The third kappa shape index (κ3) is 2.89. The predicted molar refractivity (Wildman–Crippen MR) is 104 cm³/mol. The summed E-state index contributed by atoms with van der Waals surface area (Å²) >= 11 is 0. The van der Waals surface area contributed by atoms with Gasteiger partial charge >= 0.3 is 0 Å². The van der Waals surface area contributed by atoms with E-state index in [1.54, 1.807) is 16.7 Å². The Balaban J connectivity index is 1.42. The van der Waals surface area contributed by atoms with E-state index in [9.17, 15) is 4.79 Å². The normalized spacial score (nSPS) is 23.2. The first-order valence-electron chi connectivity index (χ1n) is 9.89. The van der Waals surface area contributed by atoms with Crippen LogP contribution in [0.5, 0.6) is 0 Å². The summed E-state index contributed by atoms with van der Waals surface area (Å²) in [6.07, 6.45) is 12.5. The summed E-state index contributed by atoms with van der Waals surface area (Å²) in [6.45, 7) is 0.869. The summed E-state index contributed by atoms with van der Waals surface area (Å²) in [4.78, 5) is 14.9. The number of hydrogen-bond acceptors (Lipinski definition) is 4. The van der Waals surface area contributed by atoms with Crippen molar-refractivity contribution in [2.75, 3.05) is 6.54 Å². The number of hydrogen-bond donors (Lipinski definition) is 0. The molecule has 1 saturated heterocycles. The van der Waals surface area contributed by atoms with Crippen molar-refractivity contribution in [1.29, 1.82) is 0 Å². The highest BCUT2D eigenvalue weighted by Crippen LogP contribution is 2.35. The molecule has 3 aromatic rings. The smallest absolute Gasteiger partial charge is 0.246 e. The van der Waals surface area contributed by atoms with Gasteiger partial charge in [-0.25, -0.2) is 0 Å². The molecule has 2 aliphatic rings. The van der Waals surface area contributed by atoms with Crippen LogP contribution in [0.25, 0.3) is 22.5 Å². The van der Waals surface area contributed by atoms with E-state index in [0.717, 1.165) is 30.2 Å². The molecule has 6 heteroatoms. The molecule has 1 saturated carbocycles. The maximum Gasteiger partial charge on any atom is 0.246 e. The average molecular weight is 361 g/mol. The first kappa shape index (κ1) is 16.4. The Hall–Kier alpha value is -2.76. The van der Waals surface area contributed by atoms with Gasteiger partial charge in [0.05, 0.1) is 6.20 Å². The van der Waals surface area contributed by atoms with E-state index in [4.69, 9.17) is 0 Å². The van der Waals surface area contributed by atoms with Gasteiger partial charge in [-0.2, -0.15) is 9.61 Å². The highest BCUT2D eigenvalue weighted by molar-refractivity contribution is 5.94. The molecule has 3 heterocycles. The maximum atomic E-state index is 12.9. The third-order valence-electron chi connectivity index (χ3n) is 6.08. The molecule has 6 nitrogen and oxygen atoms in total. The molecular formula is C21H23N5O. The van der Waals surface area contributed by atoms with Crippen LogP contribution in [0.2, 0.25) is 0 Å². The first-order chi connectivity index (χ1) is 13.3. The van der Waals surface area contributed by atoms with Gasteiger partial charge in [-0.05, 0) is 37.7 Å². The van der Waals surface area contributed by atoms with Crippen molar-refractivity contribution in [1.82, 2.24) is 24.7 Å². The minimum Gasteiger partial charge on any atom is -0.336 e. The van der Waals surface area contributed by atoms with E-state index in [1.165, 1.54) is 25.7 Å². The molecule has 2 atom stereocenters. The van der Waals surface area contributed by atoms with Crippen molar-refractivity contribution < 1.29 is 4.79 Å². The van der Waals surface area contributed by atoms with Crippen LogP contribution < -0.4 is 0 Å².